The third kappa shape index (κ3) is 2.48. The van der Waals surface area contributed by atoms with Crippen molar-refractivity contribution in [1.82, 2.24) is 4.98 Å². The lowest BCUT2D eigenvalue weighted by atomic mass is 10.0. The number of anilines is 1. The van der Waals surface area contributed by atoms with Crippen LogP contribution in [0.25, 0.3) is 0 Å². The molecule has 0 saturated carbocycles. The molecule has 2 aromatic rings. The van der Waals surface area contributed by atoms with E-state index in [1.54, 1.807) is 6.20 Å². The topological polar surface area (TPSA) is 77.2 Å². The van der Waals surface area contributed by atoms with Crippen molar-refractivity contribution in [3.63, 3.8) is 0 Å². The summed E-state index contributed by atoms with van der Waals surface area (Å²) < 4.78 is 5.84. The van der Waals surface area contributed by atoms with Gasteiger partial charge in [-0.1, -0.05) is 0 Å². The van der Waals surface area contributed by atoms with Crippen molar-refractivity contribution in [2.45, 2.75) is 19.4 Å². The summed E-state index contributed by atoms with van der Waals surface area (Å²) in [6.45, 7) is 0.331. The van der Waals surface area contributed by atoms with Crippen molar-refractivity contribution in [3.05, 3.63) is 47.8 Å². The van der Waals surface area contributed by atoms with Crippen LogP contribution in [0.5, 0.6) is 11.5 Å². The second kappa shape index (κ2) is 5.30. The zero-order valence-electron chi connectivity index (χ0n) is 10.9. The Morgan fingerprint density at radius 3 is 3.05 bits per heavy atom. The summed E-state index contributed by atoms with van der Waals surface area (Å²) in [5.41, 5.74) is 8.30. The van der Waals surface area contributed by atoms with Crippen LogP contribution in [0.1, 0.15) is 17.7 Å². The lowest BCUT2D eigenvalue weighted by Gasteiger charge is -2.18. The zero-order valence-corrected chi connectivity index (χ0v) is 10.9. The Kier molecular flexibility index (Phi) is 3.35. The maximum Gasteiger partial charge on any atom is 0.224 e. The molecule has 5 nitrogen and oxygen atoms in total. The Morgan fingerprint density at radius 1 is 1.30 bits per heavy atom. The van der Waals surface area contributed by atoms with Crippen molar-refractivity contribution in [3.8, 4) is 11.5 Å². The van der Waals surface area contributed by atoms with E-state index in [2.05, 4.69) is 10.3 Å². The first kappa shape index (κ1) is 12.6. The van der Waals surface area contributed by atoms with E-state index in [1.807, 2.05) is 30.3 Å². The highest BCUT2D eigenvalue weighted by Gasteiger charge is 2.15. The van der Waals surface area contributed by atoms with Crippen molar-refractivity contribution in [2.75, 3.05) is 5.32 Å². The maximum absolute atomic E-state index is 11.3. The molecule has 1 aliphatic rings. The molecule has 2 heterocycles. The van der Waals surface area contributed by atoms with E-state index in [9.17, 15) is 4.79 Å². The number of fused-ring (bicyclic) bond motifs is 1. The molecule has 0 bridgehead atoms. The van der Waals surface area contributed by atoms with Crippen LogP contribution in [-0.2, 0) is 17.8 Å². The molecular formula is C15H15N3O2. The van der Waals surface area contributed by atoms with E-state index in [0.717, 1.165) is 29.1 Å². The summed E-state index contributed by atoms with van der Waals surface area (Å²) >= 11 is 0. The summed E-state index contributed by atoms with van der Waals surface area (Å²) in [7, 11) is 0. The molecule has 0 saturated heterocycles. The SMILES string of the molecule is NCc1ncccc1Oc1ccc2c(c1)CCC(=O)N2. The number of aryl methyl sites for hydroxylation is 1. The Bertz CT molecular complexity index is 655. The largest absolute Gasteiger partial charge is 0.455 e. The third-order valence-corrected chi connectivity index (χ3v) is 3.24. The van der Waals surface area contributed by atoms with Crippen molar-refractivity contribution in [1.29, 1.82) is 0 Å². The number of aromatic nitrogens is 1. The van der Waals surface area contributed by atoms with E-state index in [4.69, 9.17) is 10.5 Å². The molecule has 0 unspecified atom stereocenters. The van der Waals surface area contributed by atoms with Gasteiger partial charge in [-0.25, -0.2) is 0 Å². The quantitative estimate of drug-likeness (QED) is 0.895. The summed E-state index contributed by atoms with van der Waals surface area (Å²) in [5, 5.41) is 2.85. The van der Waals surface area contributed by atoms with Crippen LogP contribution in [0, 0.1) is 0 Å². The first-order valence-corrected chi connectivity index (χ1v) is 6.51. The average molecular weight is 269 g/mol. The zero-order chi connectivity index (χ0) is 13.9. The number of carbonyl (C=O) groups is 1. The minimum atomic E-state index is 0.0591. The lowest BCUT2D eigenvalue weighted by Crippen LogP contribution is -2.18. The number of rotatable bonds is 3. The molecule has 5 heteroatoms. The Balaban J connectivity index is 1.87. The highest BCUT2D eigenvalue weighted by Crippen LogP contribution is 2.30. The number of carbonyl (C=O) groups excluding carboxylic acids is 1. The molecule has 20 heavy (non-hydrogen) atoms. The Morgan fingerprint density at radius 2 is 2.20 bits per heavy atom. The fourth-order valence-electron chi connectivity index (χ4n) is 2.22. The minimum absolute atomic E-state index is 0.0591. The van der Waals surface area contributed by atoms with Gasteiger partial charge in [-0.3, -0.25) is 9.78 Å². The third-order valence-electron chi connectivity index (χ3n) is 3.24. The van der Waals surface area contributed by atoms with Crippen LogP contribution < -0.4 is 15.8 Å². The number of ether oxygens (including phenoxy) is 1. The van der Waals surface area contributed by atoms with Crippen LogP contribution >= 0.6 is 0 Å². The van der Waals surface area contributed by atoms with Gasteiger partial charge < -0.3 is 15.8 Å². The molecule has 0 fully saturated rings. The van der Waals surface area contributed by atoms with E-state index < -0.39 is 0 Å². The normalized spacial score (nSPS) is 13.6. The number of nitrogens with two attached hydrogens (primary N) is 1. The molecular weight excluding hydrogens is 254 g/mol. The van der Waals surface area contributed by atoms with Crippen LogP contribution in [0.3, 0.4) is 0 Å². The molecule has 0 aliphatic carbocycles. The van der Waals surface area contributed by atoms with Gasteiger partial charge >= 0.3 is 0 Å². The number of amides is 1. The standard InChI is InChI=1S/C15H15N3O2/c16-9-13-14(2-1-7-17-13)20-11-4-5-12-10(8-11)3-6-15(19)18-12/h1-2,4-5,7-8H,3,6,9,16H2,(H,18,19). The monoisotopic (exact) mass is 269 g/mol. The number of nitrogens with one attached hydrogen (secondary N) is 1. The highest BCUT2D eigenvalue weighted by molar-refractivity contribution is 5.94. The van der Waals surface area contributed by atoms with Crippen molar-refractivity contribution in [2.24, 2.45) is 5.73 Å². The summed E-state index contributed by atoms with van der Waals surface area (Å²) in [6.07, 6.45) is 2.93. The van der Waals surface area contributed by atoms with Crippen LogP contribution in [0.2, 0.25) is 0 Å². The Labute approximate surface area is 116 Å². The molecule has 102 valence electrons. The minimum Gasteiger partial charge on any atom is -0.455 e. The van der Waals surface area contributed by atoms with Gasteiger partial charge in [0.15, 0.2) is 0 Å². The maximum atomic E-state index is 11.3. The number of benzene rings is 1. The van der Waals surface area contributed by atoms with Gasteiger partial charge in [-0.2, -0.15) is 0 Å². The number of nitrogens with zero attached hydrogens (tertiary/aromatic N) is 1. The number of hydrogen-bond donors (Lipinski definition) is 2. The summed E-state index contributed by atoms with van der Waals surface area (Å²) in [6, 6.07) is 9.30. The van der Waals surface area contributed by atoms with Crippen LogP contribution in [0.15, 0.2) is 36.5 Å². The molecule has 0 spiro atoms. The summed E-state index contributed by atoms with van der Waals surface area (Å²) in [4.78, 5) is 15.5. The predicted octanol–water partition coefficient (Wildman–Crippen LogP) is 2.22. The number of hydrogen-bond acceptors (Lipinski definition) is 4. The Hall–Kier alpha value is -2.40. The predicted molar refractivity (Wildman–Crippen MR) is 75.6 cm³/mol. The summed E-state index contributed by atoms with van der Waals surface area (Å²) in [5.74, 6) is 1.45. The van der Waals surface area contributed by atoms with E-state index in [1.165, 1.54) is 0 Å². The van der Waals surface area contributed by atoms with E-state index in [0.29, 0.717) is 18.7 Å². The molecule has 1 aliphatic heterocycles. The fourth-order valence-corrected chi connectivity index (χ4v) is 2.22. The van der Waals surface area contributed by atoms with Gasteiger partial charge in [0.05, 0.1) is 5.69 Å². The number of pyridine rings is 1. The van der Waals surface area contributed by atoms with Crippen LogP contribution in [-0.4, -0.2) is 10.9 Å². The van der Waals surface area contributed by atoms with Crippen molar-refractivity contribution >= 4 is 11.6 Å². The second-order valence-electron chi connectivity index (χ2n) is 4.62. The molecule has 1 amide bonds. The fraction of sp³-hybridized carbons (Fsp3) is 0.200. The lowest BCUT2D eigenvalue weighted by molar-refractivity contribution is -0.116. The first-order valence-electron chi connectivity index (χ1n) is 6.51. The highest BCUT2D eigenvalue weighted by atomic mass is 16.5. The molecule has 3 N–H and O–H groups in total. The molecule has 3 rings (SSSR count). The molecule has 1 aromatic heterocycles. The van der Waals surface area contributed by atoms with Gasteiger partial charge in [0.1, 0.15) is 11.5 Å². The smallest absolute Gasteiger partial charge is 0.224 e. The first-order chi connectivity index (χ1) is 9.76. The molecule has 1 aromatic carbocycles. The van der Waals surface area contributed by atoms with E-state index in [-0.39, 0.29) is 5.91 Å². The van der Waals surface area contributed by atoms with Gasteiger partial charge in [0.2, 0.25) is 5.91 Å². The van der Waals surface area contributed by atoms with Gasteiger partial charge in [-0.15, -0.1) is 0 Å². The van der Waals surface area contributed by atoms with Crippen molar-refractivity contribution < 1.29 is 9.53 Å². The molecule has 0 radical (unpaired) electrons. The van der Waals surface area contributed by atoms with Gasteiger partial charge in [-0.05, 0) is 42.3 Å². The molecule has 0 atom stereocenters. The van der Waals surface area contributed by atoms with Crippen LogP contribution in [0.4, 0.5) is 5.69 Å². The second-order valence-corrected chi connectivity index (χ2v) is 4.62. The van der Waals surface area contributed by atoms with E-state index >= 15 is 0 Å². The van der Waals surface area contributed by atoms with Gasteiger partial charge in [0, 0.05) is 24.8 Å². The van der Waals surface area contributed by atoms with Gasteiger partial charge in [0.25, 0.3) is 0 Å². The average Bonchev–Trinajstić information content (AvgIpc) is 2.48.